The highest BCUT2D eigenvalue weighted by atomic mass is 35.5. The number of nitrogens with zero attached hydrogens (tertiary/aromatic N) is 1. The van der Waals surface area contributed by atoms with E-state index in [0.29, 0.717) is 28.7 Å². The molecule has 0 fully saturated rings. The average molecular weight is 303 g/mol. The SMILES string of the molecule is CN(CC(C)(C)CN)C(=O)Cc1c(Cl)cccc1Cl. The fourth-order valence-corrected chi connectivity index (χ4v) is 2.31. The van der Waals surface area contributed by atoms with E-state index in [-0.39, 0.29) is 17.7 Å². The van der Waals surface area contributed by atoms with Gasteiger partial charge in [0.15, 0.2) is 0 Å². The largest absolute Gasteiger partial charge is 0.345 e. The third-order valence-electron chi connectivity index (χ3n) is 3.03. The highest BCUT2D eigenvalue weighted by molar-refractivity contribution is 6.36. The molecule has 1 amide bonds. The van der Waals surface area contributed by atoms with Crippen LogP contribution in [-0.2, 0) is 11.2 Å². The lowest BCUT2D eigenvalue weighted by atomic mass is 9.93. The van der Waals surface area contributed by atoms with Gasteiger partial charge in [-0.25, -0.2) is 0 Å². The van der Waals surface area contributed by atoms with Gasteiger partial charge in [-0.1, -0.05) is 43.1 Å². The summed E-state index contributed by atoms with van der Waals surface area (Å²) >= 11 is 12.1. The summed E-state index contributed by atoms with van der Waals surface area (Å²) < 4.78 is 0. The Bertz CT molecular complexity index is 441. The normalized spacial score (nSPS) is 11.5. The second kappa shape index (κ2) is 6.60. The summed E-state index contributed by atoms with van der Waals surface area (Å²) in [6.07, 6.45) is 0.204. The van der Waals surface area contributed by atoms with Crippen molar-refractivity contribution in [3.63, 3.8) is 0 Å². The lowest BCUT2D eigenvalue weighted by Gasteiger charge is -2.29. The van der Waals surface area contributed by atoms with Crippen molar-refractivity contribution in [2.24, 2.45) is 11.1 Å². The molecular formula is C14H20Cl2N2O. The van der Waals surface area contributed by atoms with Gasteiger partial charge in [-0.15, -0.1) is 0 Å². The van der Waals surface area contributed by atoms with Crippen molar-refractivity contribution >= 4 is 29.1 Å². The summed E-state index contributed by atoms with van der Waals surface area (Å²) in [6.45, 7) is 5.18. The van der Waals surface area contributed by atoms with Gasteiger partial charge in [-0.2, -0.15) is 0 Å². The van der Waals surface area contributed by atoms with Gasteiger partial charge in [0.2, 0.25) is 5.91 Å². The topological polar surface area (TPSA) is 46.3 Å². The lowest BCUT2D eigenvalue weighted by Crippen LogP contribution is -2.40. The molecule has 0 aliphatic rings. The van der Waals surface area contributed by atoms with Crippen molar-refractivity contribution in [2.45, 2.75) is 20.3 Å². The number of rotatable bonds is 5. The minimum atomic E-state index is -0.102. The first-order valence-corrected chi connectivity index (χ1v) is 6.89. The van der Waals surface area contributed by atoms with Gasteiger partial charge in [0, 0.05) is 23.6 Å². The van der Waals surface area contributed by atoms with Crippen LogP contribution >= 0.6 is 23.2 Å². The van der Waals surface area contributed by atoms with Crippen LogP contribution in [0.2, 0.25) is 10.0 Å². The standard InChI is InChI=1S/C14H20Cl2N2O/c1-14(2,8-17)9-18(3)13(19)7-10-11(15)5-4-6-12(10)16/h4-6H,7-9,17H2,1-3H3. The van der Waals surface area contributed by atoms with Crippen LogP contribution in [0, 0.1) is 5.41 Å². The first kappa shape index (κ1) is 16.3. The fourth-order valence-electron chi connectivity index (χ4n) is 1.78. The van der Waals surface area contributed by atoms with Crippen LogP contribution in [0.1, 0.15) is 19.4 Å². The van der Waals surface area contributed by atoms with E-state index in [2.05, 4.69) is 0 Å². The molecule has 0 unspecified atom stereocenters. The van der Waals surface area contributed by atoms with Gasteiger partial charge in [0.25, 0.3) is 0 Å². The van der Waals surface area contributed by atoms with Gasteiger partial charge in [-0.05, 0) is 29.7 Å². The number of hydrogen-bond acceptors (Lipinski definition) is 2. The minimum Gasteiger partial charge on any atom is -0.345 e. The molecule has 2 N–H and O–H groups in total. The molecule has 19 heavy (non-hydrogen) atoms. The summed E-state index contributed by atoms with van der Waals surface area (Å²) in [4.78, 5) is 13.9. The van der Waals surface area contributed by atoms with Crippen LogP contribution in [0.15, 0.2) is 18.2 Å². The smallest absolute Gasteiger partial charge is 0.226 e. The predicted molar refractivity (Wildman–Crippen MR) is 80.6 cm³/mol. The molecular weight excluding hydrogens is 283 g/mol. The van der Waals surface area contributed by atoms with Crippen LogP contribution < -0.4 is 5.73 Å². The molecule has 0 aromatic heterocycles. The molecule has 0 aliphatic heterocycles. The van der Waals surface area contributed by atoms with Crippen molar-refractivity contribution in [2.75, 3.05) is 20.1 Å². The number of hydrogen-bond donors (Lipinski definition) is 1. The Kier molecular flexibility index (Phi) is 5.65. The maximum absolute atomic E-state index is 12.2. The molecule has 5 heteroatoms. The van der Waals surface area contributed by atoms with E-state index < -0.39 is 0 Å². The summed E-state index contributed by atoms with van der Waals surface area (Å²) in [5.41, 5.74) is 6.25. The first-order valence-electron chi connectivity index (χ1n) is 6.14. The highest BCUT2D eigenvalue weighted by Gasteiger charge is 2.22. The van der Waals surface area contributed by atoms with E-state index in [4.69, 9.17) is 28.9 Å². The van der Waals surface area contributed by atoms with Crippen LogP contribution in [0.3, 0.4) is 0 Å². The maximum atomic E-state index is 12.2. The number of carbonyl (C=O) groups excluding carboxylic acids is 1. The number of halogens is 2. The fraction of sp³-hybridized carbons (Fsp3) is 0.500. The van der Waals surface area contributed by atoms with Crippen molar-refractivity contribution in [3.8, 4) is 0 Å². The zero-order chi connectivity index (χ0) is 14.6. The van der Waals surface area contributed by atoms with Crippen molar-refractivity contribution < 1.29 is 4.79 Å². The van der Waals surface area contributed by atoms with Gasteiger partial charge >= 0.3 is 0 Å². The van der Waals surface area contributed by atoms with E-state index in [1.54, 1.807) is 30.1 Å². The molecule has 0 spiro atoms. The van der Waals surface area contributed by atoms with Gasteiger partial charge < -0.3 is 10.6 Å². The van der Waals surface area contributed by atoms with Crippen molar-refractivity contribution in [3.05, 3.63) is 33.8 Å². The molecule has 1 rings (SSSR count). The van der Waals surface area contributed by atoms with Crippen LogP contribution in [-0.4, -0.2) is 30.9 Å². The van der Waals surface area contributed by atoms with E-state index in [0.717, 1.165) is 0 Å². The Hall–Kier alpha value is -0.770. The van der Waals surface area contributed by atoms with Crippen LogP contribution in [0.4, 0.5) is 0 Å². The molecule has 0 aliphatic carbocycles. The zero-order valence-electron chi connectivity index (χ0n) is 11.5. The third kappa shape index (κ3) is 4.68. The van der Waals surface area contributed by atoms with E-state index in [1.807, 2.05) is 13.8 Å². The Morgan fingerprint density at radius 2 is 1.84 bits per heavy atom. The molecule has 0 atom stereocenters. The monoisotopic (exact) mass is 302 g/mol. The quantitative estimate of drug-likeness (QED) is 0.909. The van der Waals surface area contributed by atoms with Crippen molar-refractivity contribution in [1.82, 2.24) is 4.90 Å². The summed E-state index contributed by atoms with van der Waals surface area (Å²) in [5.74, 6) is -0.0171. The predicted octanol–water partition coefficient (Wildman–Crippen LogP) is 2.98. The molecule has 0 bridgehead atoms. The van der Waals surface area contributed by atoms with Crippen LogP contribution in [0.5, 0.6) is 0 Å². The van der Waals surface area contributed by atoms with Crippen LogP contribution in [0.25, 0.3) is 0 Å². The molecule has 0 radical (unpaired) electrons. The van der Waals surface area contributed by atoms with Gasteiger partial charge in [0.1, 0.15) is 0 Å². The number of carbonyl (C=O) groups is 1. The minimum absolute atomic E-state index is 0.0171. The van der Waals surface area contributed by atoms with Gasteiger partial charge in [-0.3, -0.25) is 4.79 Å². The molecule has 1 aromatic rings. The Labute approximate surface area is 124 Å². The number of nitrogens with two attached hydrogens (primary N) is 1. The number of amides is 1. The van der Waals surface area contributed by atoms with Crippen molar-refractivity contribution in [1.29, 1.82) is 0 Å². The first-order chi connectivity index (χ1) is 8.76. The Morgan fingerprint density at radius 1 is 1.32 bits per heavy atom. The molecule has 0 heterocycles. The Morgan fingerprint density at radius 3 is 2.32 bits per heavy atom. The average Bonchev–Trinajstić information content (AvgIpc) is 2.33. The Balaban J connectivity index is 2.75. The zero-order valence-corrected chi connectivity index (χ0v) is 13.1. The molecule has 0 saturated carbocycles. The van der Waals surface area contributed by atoms with Gasteiger partial charge in [0.05, 0.1) is 6.42 Å². The molecule has 1 aromatic carbocycles. The second-order valence-electron chi connectivity index (χ2n) is 5.50. The second-order valence-corrected chi connectivity index (χ2v) is 6.31. The summed E-state index contributed by atoms with van der Waals surface area (Å²) in [7, 11) is 1.77. The molecule has 0 saturated heterocycles. The molecule has 3 nitrogen and oxygen atoms in total. The molecule has 106 valence electrons. The lowest BCUT2D eigenvalue weighted by molar-refractivity contribution is -0.130. The third-order valence-corrected chi connectivity index (χ3v) is 3.74. The summed E-state index contributed by atoms with van der Waals surface area (Å²) in [6, 6.07) is 5.24. The highest BCUT2D eigenvalue weighted by Crippen LogP contribution is 2.25. The van der Waals surface area contributed by atoms with E-state index in [9.17, 15) is 4.79 Å². The summed E-state index contributed by atoms with van der Waals surface area (Å²) in [5, 5.41) is 1.04. The number of benzene rings is 1. The van der Waals surface area contributed by atoms with E-state index >= 15 is 0 Å². The number of likely N-dealkylation sites (N-methyl/N-ethyl adjacent to an activating group) is 1. The van der Waals surface area contributed by atoms with E-state index in [1.165, 1.54) is 0 Å². The maximum Gasteiger partial charge on any atom is 0.226 e.